The van der Waals surface area contributed by atoms with Crippen LogP contribution in [0.1, 0.15) is 18.1 Å². The molecule has 3 rings (SSSR count). The minimum Gasteiger partial charge on any atom is -0.315 e. The van der Waals surface area contributed by atoms with Crippen molar-refractivity contribution in [1.82, 2.24) is 0 Å². The summed E-state index contributed by atoms with van der Waals surface area (Å²) in [6.07, 6.45) is 7.86. The molecule has 0 aromatic heterocycles. The lowest BCUT2D eigenvalue weighted by Crippen LogP contribution is -2.14. The van der Waals surface area contributed by atoms with Gasteiger partial charge in [0.05, 0.1) is 0 Å². The SMILES string of the molecule is C=C/C=C\C=C(/C)N(c1ccc(-c2ccc(C)cc2)cc1)c1cccc(C)c1. The predicted molar refractivity (Wildman–Crippen MR) is 123 cm³/mol. The van der Waals surface area contributed by atoms with Crippen LogP contribution in [0.15, 0.2) is 109 Å². The second-order valence-corrected chi connectivity index (χ2v) is 7.02. The summed E-state index contributed by atoms with van der Waals surface area (Å²) < 4.78 is 0. The molecule has 0 spiro atoms. The zero-order valence-corrected chi connectivity index (χ0v) is 16.9. The van der Waals surface area contributed by atoms with E-state index in [9.17, 15) is 0 Å². The van der Waals surface area contributed by atoms with Crippen LogP contribution >= 0.6 is 0 Å². The third-order valence-electron chi connectivity index (χ3n) is 4.71. The smallest absolute Gasteiger partial charge is 0.0460 e. The summed E-state index contributed by atoms with van der Waals surface area (Å²) in [6, 6.07) is 26.0. The summed E-state index contributed by atoms with van der Waals surface area (Å²) in [4.78, 5) is 2.28. The van der Waals surface area contributed by atoms with Crippen LogP contribution in [0.25, 0.3) is 11.1 Å². The van der Waals surface area contributed by atoms with Gasteiger partial charge in [-0.3, -0.25) is 0 Å². The molecule has 28 heavy (non-hydrogen) atoms. The number of hydrogen-bond donors (Lipinski definition) is 0. The van der Waals surface area contributed by atoms with Gasteiger partial charge < -0.3 is 4.90 Å². The molecule has 1 nitrogen and oxygen atoms in total. The average Bonchev–Trinajstić information content (AvgIpc) is 2.70. The maximum Gasteiger partial charge on any atom is 0.0460 e. The zero-order valence-electron chi connectivity index (χ0n) is 16.9. The number of benzene rings is 3. The fourth-order valence-electron chi connectivity index (χ4n) is 3.22. The molecule has 0 aliphatic carbocycles. The van der Waals surface area contributed by atoms with Crippen molar-refractivity contribution in [2.75, 3.05) is 4.90 Å². The second-order valence-electron chi connectivity index (χ2n) is 7.02. The summed E-state index contributed by atoms with van der Waals surface area (Å²) in [5.74, 6) is 0. The standard InChI is InChI=1S/C27H27N/c1-5-6-7-10-23(4)28(27-11-8-9-22(3)20-27)26-18-16-25(17-19-26)24-14-12-21(2)13-15-24/h5-20H,1H2,2-4H3/b7-6-,23-10+. The Labute approximate surface area is 169 Å². The molecular formula is C27H27N. The lowest BCUT2D eigenvalue weighted by atomic mass is 10.0. The molecule has 0 unspecified atom stereocenters. The molecule has 0 N–H and O–H groups in total. The number of rotatable bonds is 6. The van der Waals surface area contributed by atoms with Gasteiger partial charge in [-0.25, -0.2) is 0 Å². The van der Waals surface area contributed by atoms with Crippen LogP contribution in [-0.4, -0.2) is 0 Å². The first-order valence-corrected chi connectivity index (χ1v) is 9.58. The first-order chi connectivity index (χ1) is 13.6. The van der Waals surface area contributed by atoms with E-state index in [2.05, 4.69) is 111 Å². The molecule has 0 bridgehead atoms. The highest BCUT2D eigenvalue weighted by atomic mass is 15.1. The molecule has 3 aromatic rings. The Morgan fingerprint density at radius 3 is 2.00 bits per heavy atom. The van der Waals surface area contributed by atoms with Crippen molar-refractivity contribution in [3.05, 3.63) is 121 Å². The third kappa shape index (κ3) is 4.69. The van der Waals surface area contributed by atoms with Crippen molar-refractivity contribution >= 4 is 11.4 Å². The van der Waals surface area contributed by atoms with Crippen LogP contribution in [0.2, 0.25) is 0 Å². The molecule has 0 saturated carbocycles. The van der Waals surface area contributed by atoms with E-state index in [1.807, 2.05) is 12.2 Å². The Morgan fingerprint density at radius 1 is 0.750 bits per heavy atom. The van der Waals surface area contributed by atoms with Crippen molar-refractivity contribution in [2.45, 2.75) is 20.8 Å². The molecular weight excluding hydrogens is 338 g/mol. The van der Waals surface area contributed by atoms with Gasteiger partial charge in [0.2, 0.25) is 0 Å². The van der Waals surface area contributed by atoms with Crippen LogP contribution in [0.3, 0.4) is 0 Å². The van der Waals surface area contributed by atoms with Gasteiger partial charge in [0, 0.05) is 17.1 Å². The van der Waals surface area contributed by atoms with Crippen LogP contribution in [-0.2, 0) is 0 Å². The number of anilines is 2. The quantitative estimate of drug-likeness (QED) is 0.403. The Bertz CT molecular complexity index is 989. The largest absolute Gasteiger partial charge is 0.315 e. The van der Waals surface area contributed by atoms with E-state index in [1.54, 1.807) is 6.08 Å². The van der Waals surface area contributed by atoms with Gasteiger partial charge in [-0.05, 0) is 67.8 Å². The van der Waals surface area contributed by atoms with Crippen LogP contribution < -0.4 is 4.90 Å². The molecule has 0 saturated heterocycles. The minimum absolute atomic E-state index is 1.14. The Balaban J connectivity index is 2.00. The predicted octanol–water partition coefficient (Wildman–Crippen LogP) is 7.75. The van der Waals surface area contributed by atoms with Crippen molar-refractivity contribution in [3.63, 3.8) is 0 Å². The van der Waals surface area contributed by atoms with Crippen molar-refractivity contribution in [3.8, 4) is 11.1 Å². The van der Waals surface area contributed by atoms with E-state index in [4.69, 9.17) is 0 Å². The molecule has 140 valence electrons. The minimum atomic E-state index is 1.14. The summed E-state index contributed by atoms with van der Waals surface area (Å²) >= 11 is 0. The topological polar surface area (TPSA) is 3.24 Å². The van der Waals surface area contributed by atoms with Crippen LogP contribution in [0.5, 0.6) is 0 Å². The molecule has 3 aromatic carbocycles. The van der Waals surface area contributed by atoms with E-state index < -0.39 is 0 Å². The van der Waals surface area contributed by atoms with E-state index in [0.717, 1.165) is 17.1 Å². The molecule has 0 atom stereocenters. The number of aryl methyl sites for hydroxylation is 2. The van der Waals surface area contributed by atoms with Gasteiger partial charge in [0.15, 0.2) is 0 Å². The second kappa shape index (κ2) is 9.05. The summed E-state index contributed by atoms with van der Waals surface area (Å²) in [5.41, 5.74) is 8.42. The highest BCUT2D eigenvalue weighted by Crippen LogP contribution is 2.32. The van der Waals surface area contributed by atoms with Gasteiger partial charge in [0.1, 0.15) is 0 Å². The first-order valence-electron chi connectivity index (χ1n) is 9.58. The maximum atomic E-state index is 3.74. The summed E-state index contributed by atoms with van der Waals surface area (Å²) in [6.45, 7) is 10.1. The highest BCUT2D eigenvalue weighted by Gasteiger charge is 2.11. The van der Waals surface area contributed by atoms with Crippen LogP contribution in [0.4, 0.5) is 11.4 Å². The van der Waals surface area contributed by atoms with Crippen molar-refractivity contribution < 1.29 is 0 Å². The summed E-state index contributed by atoms with van der Waals surface area (Å²) in [5, 5.41) is 0. The molecule has 0 aliphatic rings. The van der Waals surface area contributed by atoms with Crippen molar-refractivity contribution in [2.24, 2.45) is 0 Å². The first kappa shape index (κ1) is 19.4. The highest BCUT2D eigenvalue weighted by molar-refractivity contribution is 5.72. The third-order valence-corrected chi connectivity index (χ3v) is 4.71. The van der Waals surface area contributed by atoms with Crippen LogP contribution in [0, 0.1) is 13.8 Å². The van der Waals surface area contributed by atoms with E-state index >= 15 is 0 Å². The maximum absolute atomic E-state index is 3.74. The Kier molecular flexibility index (Phi) is 6.29. The normalized spacial score (nSPS) is 11.6. The lowest BCUT2D eigenvalue weighted by Gasteiger charge is -2.26. The van der Waals surface area contributed by atoms with Gasteiger partial charge >= 0.3 is 0 Å². The molecule has 0 fully saturated rings. The van der Waals surface area contributed by atoms with Gasteiger partial charge in [-0.15, -0.1) is 0 Å². The average molecular weight is 366 g/mol. The number of hydrogen-bond acceptors (Lipinski definition) is 1. The molecule has 0 radical (unpaired) electrons. The molecule has 0 amide bonds. The molecule has 0 aliphatic heterocycles. The van der Waals surface area contributed by atoms with Gasteiger partial charge in [-0.1, -0.05) is 78.9 Å². The zero-order chi connectivity index (χ0) is 19.9. The summed E-state index contributed by atoms with van der Waals surface area (Å²) in [7, 11) is 0. The Hall–Kier alpha value is -3.32. The lowest BCUT2D eigenvalue weighted by molar-refractivity contribution is 1.15. The fraction of sp³-hybridized carbons (Fsp3) is 0.111. The monoisotopic (exact) mass is 365 g/mol. The van der Waals surface area contributed by atoms with E-state index in [-0.39, 0.29) is 0 Å². The van der Waals surface area contributed by atoms with Crippen molar-refractivity contribution in [1.29, 1.82) is 0 Å². The van der Waals surface area contributed by atoms with Gasteiger partial charge in [-0.2, -0.15) is 0 Å². The Morgan fingerprint density at radius 2 is 1.39 bits per heavy atom. The fourth-order valence-corrected chi connectivity index (χ4v) is 3.22. The van der Waals surface area contributed by atoms with E-state index in [0.29, 0.717) is 0 Å². The van der Waals surface area contributed by atoms with Gasteiger partial charge in [0.25, 0.3) is 0 Å². The number of allylic oxidation sites excluding steroid dienone is 5. The van der Waals surface area contributed by atoms with E-state index in [1.165, 1.54) is 22.3 Å². The molecule has 1 heteroatoms. The molecule has 0 heterocycles. The number of nitrogens with zero attached hydrogens (tertiary/aromatic N) is 1.